The largest absolute Gasteiger partial charge is 0.330 e. The fraction of sp³-hybridized carbons (Fsp3) is 0.909. The van der Waals surface area contributed by atoms with Crippen molar-refractivity contribution < 1.29 is 4.79 Å². The Bertz CT molecular complexity index is 191. The maximum atomic E-state index is 12.0. The molecule has 0 bridgehead atoms. The van der Waals surface area contributed by atoms with Crippen LogP contribution in [0.5, 0.6) is 0 Å². The molecule has 1 heterocycles. The van der Waals surface area contributed by atoms with Gasteiger partial charge in [-0.3, -0.25) is 10.1 Å². The molecular weight excluding hydrogens is 176 g/mol. The average Bonchev–Trinajstić information content (AvgIpc) is 2.59. The van der Waals surface area contributed by atoms with E-state index >= 15 is 0 Å². The van der Waals surface area contributed by atoms with Gasteiger partial charge < -0.3 is 4.90 Å². The molecular formula is C11H20N2O. The Labute approximate surface area is 85.8 Å². The summed E-state index contributed by atoms with van der Waals surface area (Å²) in [5.41, 5.74) is 0. The van der Waals surface area contributed by atoms with Crippen LogP contribution >= 0.6 is 0 Å². The van der Waals surface area contributed by atoms with Crippen molar-refractivity contribution in [1.29, 1.82) is 0 Å². The lowest BCUT2D eigenvalue weighted by Crippen LogP contribution is -2.40. The Balaban J connectivity index is 1.88. The highest BCUT2D eigenvalue weighted by Crippen LogP contribution is 2.26. The molecule has 1 N–H and O–H groups in total. The Kier molecular flexibility index (Phi) is 3.40. The molecule has 0 aromatic rings. The van der Waals surface area contributed by atoms with Crippen molar-refractivity contribution in [3.05, 3.63) is 0 Å². The summed E-state index contributed by atoms with van der Waals surface area (Å²) in [4.78, 5) is 14.1. The number of carbonyl (C=O) groups is 1. The number of amides is 1. The molecule has 1 aliphatic carbocycles. The third-order valence-electron chi connectivity index (χ3n) is 3.35. The van der Waals surface area contributed by atoms with Crippen LogP contribution in [0.1, 0.15) is 38.5 Å². The van der Waals surface area contributed by atoms with Crippen molar-refractivity contribution in [2.24, 2.45) is 5.92 Å². The van der Waals surface area contributed by atoms with Gasteiger partial charge in [0.2, 0.25) is 5.91 Å². The first-order valence-corrected chi connectivity index (χ1v) is 5.87. The summed E-state index contributed by atoms with van der Waals surface area (Å²) in [5.74, 6) is 0.742. The van der Waals surface area contributed by atoms with E-state index in [4.69, 9.17) is 0 Å². The van der Waals surface area contributed by atoms with E-state index < -0.39 is 0 Å². The summed E-state index contributed by atoms with van der Waals surface area (Å²) in [7, 11) is 0. The number of nitrogens with zero attached hydrogens (tertiary/aromatic N) is 1. The molecule has 1 saturated carbocycles. The Morgan fingerprint density at radius 3 is 2.71 bits per heavy atom. The van der Waals surface area contributed by atoms with Gasteiger partial charge >= 0.3 is 0 Å². The number of hydrogen-bond acceptors (Lipinski definition) is 2. The molecule has 2 fully saturated rings. The molecule has 3 nitrogen and oxygen atoms in total. The highest BCUT2D eigenvalue weighted by Gasteiger charge is 2.27. The maximum Gasteiger partial charge on any atom is 0.226 e. The molecule has 0 radical (unpaired) electrons. The first-order chi connectivity index (χ1) is 6.88. The van der Waals surface area contributed by atoms with Gasteiger partial charge in [0.05, 0.1) is 6.67 Å². The van der Waals surface area contributed by atoms with Crippen molar-refractivity contribution in [3.63, 3.8) is 0 Å². The van der Waals surface area contributed by atoms with Gasteiger partial charge in [0.1, 0.15) is 0 Å². The summed E-state index contributed by atoms with van der Waals surface area (Å²) < 4.78 is 0. The standard InChI is InChI=1S/C11H20N2O/c14-11(10-5-1-2-6-10)13-8-4-3-7-12-9-13/h10,12H,1-9H2. The Hall–Kier alpha value is -0.570. The Morgan fingerprint density at radius 2 is 1.93 bits per heavy atom. The number of nitrogens with one attached hydrogen (secondary N) is 1. The van der Waals surface area contributed by atoms with Gasteiger partial charge in [0.25, 0.3) is 0 Å². The van der Waals surface area contributed by atoms with E-state index in [9.17, 15) is 4.79 Å². The van der Waals surface area contributed by atoms with E-state index in [0.29, 0.717) is 11.8 Å². The third kappa shape index (κ3) is 2.27. The van der Waals surface area contributed by atoms with E-state index in [0.717, 1.165) is 39.0 Å². The number of rotatable bonds is 1. The van der Waals surface area contributed by atoms with E-state index in [1.165, 1.54) is 19.3 Å². The van der Waals surface area contributed by atoms with Gasteiger partial charge in [0, 0.05) is 12.5 Å². The molecule has 3 heteroatoms. The van der Waals surface area contributed by atoms with E-state index in [2.05, 4.69) is 5.32 Å². The van der Waals surface area contributed by atoms with Crippen LogP contribution in [0.15, 0.2) is 0 Å². The molecule has 1 amide bonds. The monoisotopic (exact) mass is 196 g/mol. The second-order valence-electron chi connectivity index (χ2n) is 4.45. The minimum atomic E-state index is 0.342. The minimum Gasteiger partial charge on any atom is -0.330 e. The van der Waals surface area contributed by atoms with Gasteiger partial charge in [0.15, 0.2) is 0 Å². The summed E-state index contributed by atoms with van der Waals surface area (Å²) in [6.07, 6.45) is 7.10. The third-order valence-corrected chi connectivity index (χ3v) is 3.35. The fourth-order valence-electron chi connectivity index (χ4n) is 2.46. The van der Waals surface area contributed by atoms with E-state index in [1.54, 1.807) is 0 Å². The summed E-state index contributed by atoms with van der Waals surface area (Å²) in [5, 5.41) is 3.31. The summed E-state index contributed by atoms with van der Waals surface area (Å²) in [6.45, 7) is 2.80. The number of carbonyl (C=O) groups excluding carboxylic acids is 1. The van der Waals surface area contributed by atoms with Crippen LogP contribution in [-0.2, 0) is 4.79 Å². The lowest BCUT2D eigenvalue weighted by atomic mass is 10.1. The van der Waals surface area contributed by atoms with Crippen molar-refractivity contribution >= 4 is 5.91 Å². The topological polar surface area (TPSA) is 32.3 Å². The second kappa shape index (κ2) is 4.78. The zero-order valence-corrected chi connectivity index (χ0v) is 8.80. The molecule has 0 unspecified atom stereocenters. The van der Waals surface area contributed by atoms with Gasteiger partial charge in [-0.25, -0.2) is 0 Å². The van der Waals surface area contributed by atoms with E-state index in [-0.39, 0.29) is 0 Å². The molecule has 2 aliphatic rings. The highest BCUT2D eigenvalue weighted by molar-refractivity contribution is 5.79. The molecule has 14 heavy (non-hydrogen) atoms. The first-order valence-electron chi connectivity index (χ1n) is 5.87. The fourth-order valence-corrected chi connectivity index (χ4v) is 2.46. The highest BCUT2D eigenvalue weighted by atomic mass is 16.2. The lowest BCUT2D eigenvalue weighted by Gasteiger charge is -2.23. The SMILES string of the molecule is O=C(C1CCCC1)N1CCCCNC1. The van der Waals surface area contributed by atoms with Crippen LogP contribution in [0.3, 0.4) is 0 Å². The van der Waals surface area contributed by atoms with Gasteiger partial charge in [-0.05, 0) is 32.2 Å². The van der Waals surface area contributed by atoms with Gasteiger partial charge in [-0.15, -0.1) is 0 Å². The van der Waals surface area contributed by atoms with Crippen molar-refractivity contribution in [2.75, 3.05) is 19.8 Å². The lowest BCUT2D eigenvalue weighted by molar-refractivity contribution is -0.135. The summed E-state index contributed by atoms with van der Waals surface area (Å²) >= 11 is 0. The van der Waals surface area contributed by atoms with Crippen LogP contribution in [-0.4, -0.2) is 30.6 Å². The Morgan fingerprint density at radius 1 is 1.14 bits per heavy atom. The smallest absolute Gasteiger partial charge is 0.226 e. The van der Waals surface area contributed by atoms with Crippen LogP contribution in [0.25, 0.3) is 0 Å². The second-order valence-corrected chi connectivity index (χ2v) is 4.45. The zero-order valence-electron chi connectivity index (χ0n) is 8.80. The first kappa shape index (κ1) is 9.97. The summed E-state index contributed by atoms with van der Waals surface area (Å²) in [6, 6.07) is 0. The molecule has 1 saturated heterocycles. The molecule has 80 valence electrons. The van der Waals surface area contributed by atoms with Crippen LogP contribution in [0, 0.1) is 5.92 Å². The molecule has 1 aliphatic heterocycles. The molecule has 0 aromatic heterocycles. The van der Waals surface area contributed by atoms with Gasteiger partial charge in [-0.2, -0.15) is 0 Å². The van der Waals surface area contributed by atoms with Crippen molar-refractivity contribution in [1.82, 2.24) is 10.2 Å². The minimum absolute atomic E-state index is 0.342. The molecule has 0 atom stereocenters. The molecule has 0 spiro atoms. The molecule has 0 aromatic carbocycles. The van der Waals surface area contributed by atoms with Crippen LogP contribution in [0.2, 0.25) is 0 Å². The molecule has 2 rings (SSSR count). The average molecular weight is 196 g/mol. The van der Waals surface area contributed by atoms with Crippen molar-refractivity contribution in [3.8, 4) is 0 Å². The van der Waals surface area contributed by atoms with Crippen molar-refractivity contribution in [2.45, 2.75) is 38.5 Å². The quantitative estimate of drug-likeness (QED) is 0.686. The van der Waals surface area contributed by atoms with E-state index in [1.807, 2.05) is 4.90 Å². The predicted octanol–water partition coefficient (Wildman–Crippen LogP) is 1.35. The maximum absolute atomic E-state index is 12.0. The van der Waals surface area contributed by atoms with Crippen LogP contribution in [0.4, 0.5) is 0 Å². The van der Waals surface area contributed by atoms with Crippen LogP contribution < -0.4 is 5.32 Å². The number of hydrogen-bond donors (Lipinski definition) is 1. The normalized spacial score (nSPS) is 25.0. The van der Waals surface area contributed by atoms with Gasteiger partial charge in [-0.1, -0.05) is 12.8 Å². The zero-order chi connectivity index (χ0) is 9.80. The predicted molar refractivity (Wildman–Crippen MR) is 55.8 cm³/mol.